The fourth-order valence-corrected chi connectivity index (χ4v) is 3.55. The Labute approximate surface area is 121 Å². The molecule has 1 saturated carbocycles. The van der Waals surface area contributed by atoms with Gasteiger partial charge >= 0.3 is 0 Å². The highest BCUT2D eigenvalue weighted by molar-refractivity contribution is 9.11. The van der Waals surface area contributed by atoms with E-state index in [-0.39, 0.29) is 5.92 Å². The van der Waals surface area contributed by atoms with Gasteiger partial charge < -0.3 is 9.64 Å². The Hall–Kier alpha value is -1.29. The average Bonchev–Trinajstić information content (AvgIpc) is 2.99. The number of ether oxygens (including phenoxy) is 1. The van der Waals surface area contributed by atoms with Crippen molar-refractivity contribution in [3.8, 4) is 5.75 Å². The van der Waals surface area contributed by atoms with E-state index in [4.69, 9.17) is 4.74 Å². The number of likely N-dealkylation sites (tertiary alicyclic amines) is 1. The van der Waals surface area contributed by atoms with Gasteiger partial charge in [0.05, 0.1) is 13.2 Å². The second-order valence-electron chi connectivity index (χ2n) is 5.15. The lowest BCUT2D eigenvalue weighted by Gasteiger charge is -2.29. The van der Waals surface area contributed by atoms with Crippen LogP contribution in [0.2, 0.25) is 0 Å². The topological polar surface area (TPSA) is 29.5 Å². The Morgan fingerprint density at radius 3 is 2.74 bits per heavy atom. The number of nitrogens with zero attached hydrogens (tertiary/aromatic N) is 1. The van der Waals surface area contributed by atoms with Crippen molar-refractivity contribution in [3.63, 3.8) is 0 Å². The van der Waals surface area contributed by atoms with E-state index in [0.29, 0.717) is 18.5 Å². The zero-order valence-electron chi connectivity index (χ0n) is 10.8. The van der Waals surface area contributed by atoms with Crippen molar-refractivity contribution in [1.82, 2.24) is 4.90 Å². The SMILES string of the molecule is COc1ccc(CN2C(=O)[C@H]3C/C(=C/Br)[C@@H]2C3)cc1. The van der Waals surface area contributed by atoms with E-state index in [1.54, 1.807) is 7.11 Å². The van der Waals surface area contributed by atoms with Gasteiger partial charge in [0.2, 0.25) is 5.91 Å². The molecule has 0 aromatic heterocycles. The van der Waals surface area contributed by atoms with Crippen LogP contribution in [0.15, 0.2) is 34.8 Å². The molecule has 1 aliphatic heterocycles. The van der Waals surface area contributed by atoms with Crippen molar-refractivity contribution in [3.05, 3.63) is 40.4 Å². The van der Waals surface area contributed by atoms with Crippen molar-refractivity contribution in [1.29, 1.82) is 0 Å². The minimum atomic E-state index is 0.201. The molecule has 1 heterocycles. The third kappa shape index (κ3) is 2.18. The summed E-state index contributed by atoms with van der Waals surface area (Å²) in [6.07, 6.45) is 1.90. The summed E-state index contributed by atoms with van der Waals surface area (Å²) in [6.45, 7) is 0.689. The maximum absolute atomic E-state index is 12.2. The molecule has 19 heavy (non-hydrogen) atoms. The molecule has 3 nitrogen and oxygen atoms in total. The molecule has 2 atom stereocenters. The zero-order chi connectivity index (χ0) is 13.4. The van der Waals surface area contributed by atoms with Gasteiger partial charge in [-0.05, 0) is 41.1 Å². The molecule has 1 saturated heterocycles. The van der Waals surface area contributed by atoms with Gasteiger partial charge in [0, 0.05) is 12.5 Å². The summed E-state index contributed by atoms with van der Waals surface area (Å²) in [5.74, 6) is 1.35. The number of rotatable bonds is 3. The number of hydrogen-bond acceptors (Lipinski definition) is 2. The van der Waals surface area contributed by atoms with Gasteiger partial charge in [-0.3, -0.25) is 4.79 Å². The molecule has 1 aromatic carbocycles. The average molecular weight is 322 g/mol. The van der Waals surface area contributed by atoms with Gasteiger partial charge in [0.25, 0.3) is 0 Å². The highest BCUT2D eigenvalue weighted by Crippen LogP contribution is 2.43. The highest BCUT2D eigenvalue weighted by atomic mass is 79.9. The number of carbonyl (C=O) groups is 1. The number of amides is 1. The smallest absolute Gasteiger partial charge is 0.226 e. The van der Waals surface area contributed by atoms with Gasteiger partial charge in [-0.15, -0.1) is 0 Å². The third-order valence-corrected chi connectivity index (χ3v) is 4.67. The van der Waals surface area contributed by atoms with Crippen LogP contribution in [-0.2, 0) is 11.3 Å². The van der Waals surface area contributed by atoms with Crippen LogP contribution in [0, 0.1) is 5.92 Å². The normalized spacial score (nSPS) is 27.4. The van der Waals surface area contributed by atoms with Gasteiger partial charge in [0.1, 0.15) is 5.75 Å². The Morgan fingerprint density at radius 2 is 2.16 bits per heavy atom. The van der Waals surface area contributed by atoms with Crippen molar-refractivity contribution in [2.24, 2.45) is 5.92 Å². The van der Waals surface area contributed by atoms with Crippen molar-refractivity contribution >= 4 is 21.8 Å². The number of halogens is 1. The minimum Gasteiger partial charge on any atom is -0.497 e. The molecule has 1 aromatic rings. The standard InChI is InChI=1S/C15H16BrNO2/c1-19-13-4-2-10(3-5-13)9-17-14-7-11(15(17)18)6-12(14)8-16/h2-5,8,11,14H,6-7,9H2,1H3/b12-8-/t11-,14-/m0/s1. The van der Waals surface area contributed by atoms with Crippen LogP contribution >= 0.6 is 15.9 Å². The molecule has 0 spiro atoms. The molecular formula is C15H16BrNO2. The van der Waals surface area contributed by atoms with E-state index in [9.17, 15) is 4.79 Å². The molecule has 4 heteroatoms. The van der Waals surface area contributed by atoms with Gasteiger partial charge in [-0.1, -0.05) is 28.1 Å². The van der Waals surface area contributed by atoms with E-state index in [1.165, 1.54) is 5.57 Å². The Kier molecular flexibility index (Phi) is 3.35. The summed E-state index contributed by atoms with van der Waals surface area (Å²) in [5.41, 5.74) is 2.49. The van der Waals surface area contributed by atoms with Crippen molar-refractivity contribution in [2.45, 2.75) is 25.4 Å². The number of benzene rings is 1. The number of methoxy groups -OCH3 is 1. The van der Waals surface area contributed by atoms with Gasteiger partial charge in [0.15, 0.2) is 0 Å². The fraction of sp³-hybridized carbons (Fsp3) is 0.400. The maximum Gasteiger partial charge on any atom is 0.226 e. The van der Waals surface area contributed by atoms with Gasteiger partial charge in [-0.2, -0.15) is 0 Å². The second-order valence-corrected chi connectivity index (χ2v) is 5.61. The van der Waals surface area contributed by atoms with Crippen LogP contribution in [0.5, 0.6) is 5.75 Å². The van der Waals surface area contributed by atoms with Crippen LogP contribution in [0.3, 0.4) is 0 Å². The first-order chi connectivity index (χ1) is 9.22. The van der Waals surface area contributed by atoms with E-state index in [1.807, 2.05) is 34.2 Å². The first-order valence-electron chi connectivity index (χ1n) is 6.45. The molecule has 100 valence electrons. The molecule has 0 N–H and O–H groups in total. The van der Waals surface area contributed by atoms with Crippen LogP contribution in [0.1, 0.15) is 18.4 Å². The Morgan fingerprint density at radius 1 is 1.42 bits per heavy atom. The molecule has 0 radical (unpaired) electrons. The summed E-state index contributed by atoms with van der Waals surface area (Å²) < 4.78 is 5.15. The molecule has 0 unspecified atom stereocenters. The number of hydrogen-bond donors (Lipinski definition) is 0. The minimum absolute atomic E-state index is 0.201. The monoisotopic (exact) mass is 321 g/mol. The van der Waals surface area contributed by atoms with E-state index >= 15 is 0 Å². The summed E-state index contributed by atoms with van der Waals surface area (Å²) >= 11 is 3.41. The first kappa shape index (κ1) is 12.7. The van der Waals surface area contributed by atoms with E-state index < -0.39 is 0 Å². The molecule has 2 fully saturated rings. The summed E-state index contributed by atoms with van der Waals surface area (Å²) in [7, 11) is 1.66. The van der Waals surface area contributed by atoms with E-state index in [2.05, 4.69) is 15.9 Å². The predicted octanol–water partition coefficient (Wildman–Crippen LogP) is 3.09. The largest absolute Gasteiger partial charge is 0.497 e. The summed E-state index contributed by atoms with van der Waals surface area (Å²) in [5, 5.41) is 0. The van der Waals surface area contributed by atoms with Crippen molar-refractivity contribution in [2.75, 3.05) is 7.11 Å². The molecule has 2 aliphatic rings. The van der Waals surface area contributed by atoms with Gasteiger partial charge in [-0.25, -0.2) is 0 Å². The lowest BCUT2D eigenvalue weighted by molar-refractivity contribution is -0.133. The third-order valence-electron chi connectivity index (χ3n) is 4.08. The van der Waals surface area contributed by atoms with Crippen LogP contribution < -0.4 is 4.74 Å². The first-order valence-corrected chi connectivity index (χ1v) is 7.37. The lowest BCUT2D eigenvalue weighted by Crippen LogP contribution is -2.37. The quantitative estimate of drug-likeness (QED) is 0.856. The van der Waals surface area contributed by atoms with Crippen LogP contribution in [0.4, 0.5) is 0 Å². The molecule has 1 aliphatic carbocycles. The number of piperidine rings is 1. The summed E-state index contributed by atoms with van der Waals surface area (Å²) in [4.78, 5) is 16.2. The molecule has 1 amide bonds. The van der Waals surface area contributed by atoms with Crippen LogP contribution in [-0.4, -0.2) is 24.0 Å². The highest BCUT2D eigenvalue weighted by Gasteiger charge is 2.47. The maximum atomic E-state index is 12.2. The second kappa shape index (κ2) is 5.00. The number of fused-ring (bicyclic) bond motifs is 2. The Balaban J connectivity index is 1.77. The molecule has 3 rings (SSSR count). The molecule has 2 bridgehead atoms. The van der Waals surface area contributed by atoms with Crippen molar-refractivity contribution < 1.29 is 9.53 Å². The summed E-state index contributed by atoms with van der Waals surface area (Å²) in [6, 6.07) is 8.22. The Bertz CT molecular complexity index is 523. The zero-order valence-corrected chi connectivity index (χ0v) is 12.4. The lowest BCUT2D eigenvalue weighted by atomic mass is 10.0. The van der Waals surface area contributed by atoms with Crippen LogP contribution in [0.25, 0.3) is 0 Å². The van der Waals surface area contributed by atoms with E-state index in [0.717, 1.165) is 24.2 Å². The molecular weight excluding hydrogens is 306 g/mol. The number of carbonyl (C=O) groups excluding carboxylic acids is 1. The predicted molar refractivity (Wildman–Crippen MR) is 77.1 cm³/mol. The fourth-order valence-electron chi connectivity index (χ4n) is 3.06.